The van der Waals surface area contributed by atoms with E-state index in [9.17, 15) is 9.59 Å². The standard InChI is InChI=1S/C14H26N2O2/c1-5-7-9-16-12(10(3)4)13(17)15-11(8-6-2)14(16)18/h10-12H,5-9H2,1-4H3,(H,15,17). The van der Waals surface area contributed by atoms with Crippen LogP contribution < -0.4 is 5.32 Å². The molecular weight excluding hydrogens is 228 g/mol. The lowest BCUT2D eigenvalue weighted by atomic mass is 9.95. The molecule has 1 aliphatic heterocycles. The Labute approximate surface area is 110 Å². The Kier molecular flexibility index (Phi) is 5.63. The number of carbonyl (C=O) groups excluding carboxylic acids is 2. The highest BCUT2D eigenvalue weighted by Gasteiger charge is 2.40. The Morgan fingerprint density at radius 2 is 1.89 bits per heavy atom. The summed E-state index contributed by atoms with van der Waals surface area (Å²) < 4.78 is 0. The van der Waals surface area contributed by atoms with Crippen molar-refractivity contribution in [2.24, 2.45) is 5.92 Å². The predicted molar refractivity (Wildman–Crippen MR) is 72.1 cm³/mol. The minimum atomic E-state index is -0.311. The molecule has 2 unspecified atom stereocenters. The summed E-state index contributed by atoms with van der Waals surface area (Å²) in [6, 6.07) is -0.605. The van der Waals surface area contributed by atoms with Crippen LogP contribution in [-0.4, -0.2) is 35.3 Å². The van der Waals surface area contributed by atoms with E-state index in [0.717, 1.165) is 25.7 Å². The van der Waals surface area contributed by atoms with Gasteiger partial charge in [0.05, 0.1) is 0 Å². The largest absolute Gasteiger partial charge is 0.342 e. The summed E-state index contributed by atoms with van der Waals surface area (Å²) in [5.41, 5.74) is 0. The van der Waals surface area contributed by atoms with E-state index in [-0.39, 0.29) is 29.8 Å². The Balaban J connectivity index is 2.86. The molecule has 1 heterocycles. The molecule has 0 bridgehead atoms. The Morgan fingerprint density at radius 1 is 1.22 bits per heavy atom. The van der Waals surface area contributed by atoms with Crippen molar-refractivity contribution >= 4 is 11.8 Å². The van der Waals surface area contributed by atoms with E-state index in [2.05, 4.69) is 12.2 Å². The van der Waals surface area contributed by atoms with E-state index in [1.807, 2.05) is 20.8 Å². The SMILES string of the molecule is CCCCN1C(=O)C(CCC)NC(=O)C1C(C)C. The molecule has 4 heteroatoms. The van der Waals surface area contributed by atoms with Crippen LogP contribution in [0.5, 0.6) is 0 Å². The van der Waals surface area contributed by atoms with Crippen LogP contribution in [0.1, 0.15) is 53.4 Å². The summed E-state index contributed by atoms with van der Waals surface area (Å²) in [7, 11) is 0. The van der Waals surface area contributed by atoms with E-state index in [0.29, 0.717) is 6.54 Å². The smallest absolute Gasteiger partial charge is 0.245 e. The molecule has 0 aliphatic carbocycles. The topological polar surface area (TPSA) is 49.4 Å². The van der Waals surface area contributed by atoms with Crippen molar-refractivity contribution in [3.63, 3.8) is 0 Å². The van der Waals surface area contributed by atoms with Gasteiger partial charge in [-0.2, -0.15) is 0 Å². The molecule has 1 N–H and O–H groups in total. The van der Waals surface area contributed by atoms with Gasteiger partial charge in [0.1, 0.15) is 12.1 Å². The molecule has 104 valence electrons. The molecular formula is C14H26N2O2. The fourth-order valence-corrected chi connectivity index (χ4v) is 2.52. The molecule has 0 radical (unpaired) electrons. The number of unbranched alkanes of at least 4 members (excludes halogenated alkanes) is 1. The first-order chi connectivity index (χ1) is 8.52. The van der Waals surface area contributed by atoms with Crippen LogP contribution >= 0.6 is 0 Å². The highest BCUT2D eigenvalue weighted by molar-refractivity contribution is 5.97. The number of nitrogens with zero attached hydrogens (tertiary/aromatic N) is 1. The Bertz CT molecular complexity index is 302. The van der Waals surface area contributed by atoms with E-state index in [1.165, 1.54) is 0 Å². The van der Waals surface area contributed by atoms with E-state index in [4.69, 9.17) is 0 Å². The molecule has 18 heavy (non-hydrogen) atoms. The van der Waals surface area contributed by atoms with Crippen LogP contribution in [0.4, 0.5) is 0 Å². The lowest BCUT2D eigenvalue weighted by Gasteiger charge is -2.41. The molecule has 0 spiro atoms. The lowest BCUT2D eigenvalue weighted by Crippen LogP contribution is -2.64. The molecule has 1 rings (SSSR count). The van der Waals surface area contributed by atoms with Crippen LogP contribution in [0.2, 0.25) is 0 Å². The summed E-state index contributed by atoms with van der Waals surface area (Å²) in [5, 5.41) is 2.87. The lowest BCUT2D eigenvalue weighted by molar-refractivity contribution is -0.151. The second-order valence-corrected chi connectivity index (χ2v) is 5.42. The molecule has 0 aromatic rings. The number of hydrogen-bond donors (Lipinski definition) is 1. The third-order valence-electron chi connectivity index (χ3n) is 3.46. The Morgan fingerprint density at radius 3 is 2.39 bits per heavy atom. The van der Waals surface area contributed by atoms with Crippen LogP contribution in [-0.2, 0) is 9.59 Å². The maximum absolute atomic E-state index is 12.4. The number of amides is 2. The van der Waals surface area contributed by atoms with Crippen molar-refractivity contribution in [3.8, 4) is 0 Å². The minimum Gasteiger partial charge on any atom is -0.342 e. The third-order valence-corrected chi connectivity index (χ3v) is 3.46. The van der Waals surface area contributed by atoms with Crippen molar-refractivity contribution < 1.29 is 9.59 Å². The summed E-state index contributed by atoms with van der Waals surface area (Å²) in [6.45, 7) is 8.83. The first kappa shape index (κ1) is 15.0. The van der Waals surface area contributed by atoms with Crippen molar-refractivity contribution in [1.29, 1.82) is 0 Å². The maximum atomic E-state index is 12.4. The van der Waals surface area contributed by atoms with Gasteiger partial charge in [-0.25, -0.2) is 0 Å². The number of hydrogen-bond acceptors (Lipinski definition) is 2. The van der Waals surface area contributed by atoms with Crippen LogP contribution in [0.25, 0.3) is 0 Å². The second-order valence-electron chi connectivity index (χ2n) is 5.42. The zero-order valence-electron chi connectivity index (χ0n) is 12.0. The van der Waals surface area contributed by atoms with Crippen LogP contribution in [0, 0.1) is 5.92 Å². The van der Waals surface area contributed by atoms with E-state index < -0.39 is 0 Å². The zero-order valence-corrected chi connectivity index (χ0v) is 12.0. The highest BCUT2D eigenvalue weighted by Crippen LogP contribution is 2.19. The van der Waals surface area contributed by atoms with Gasteiger partial charge in [0.2, 0.25) is 11.8 Å². The first-order valence-electron chi connectivity index (χ1n) is 7.13. The van der Waals surface area contributed by atoms with E-state index in [1.54, 1.807) is 4.90 Å². The Hall–Kier alpha value is -1.06. The molecule has 1 fully saturated rings. The molecule has 1 aliphatic rings. The normalized spacial score (nSPS) is 24.6. The van der Waals surface area contributed by atoms with Crippen molar-refractivity contribution in [1.82, 2.24) is 10.2 Å². The van der Waals surface area contributed by atoms with Gasteiger partial charge in [-0.3, -0.25) is 9.59 Å². The highest BCUT2D eigenvalue weighted by atomic mass is 16.2. The third kappa shape index (κ3) is 3.24. The van der Waals surface area contributed by atoms with Gasteiger partial charge in [-0.15, -0.1) is 0 Å². The second kappa shape index (κ2) is 6.76. The van der Waals surface area contributed by atoms with Gasteiger partial charge >= 0.3 is 0 Å². The van der Waals surface area contributed by atoms with Gasteiger partial charge in [0.15, 0.2) is 0 Å². The van der Waals surface area contributed by atoms with Crippen LogP contribution in [0.3, 0.4) is 0 Å². The van der Waals surface area contributed by atoms with Gasteiger partial charge in [-0.1, -0.05) is 40.5 Å². The minimum absolute atomic E-state index is 0.0131. The van der Waals surface area contributed by atoms with Crippen molar-refractivity contribution in [2.75, 3.05) is 6.54 Å². The van der Waals surface area contributed by atoms with E-state index >= 15 is 0 Å². The summed E-state index contributed by atoms with van der Waals surface area (Å²) in [6.07, 6.45) is 3.64. The van der Waals surface area contributed by atoms with Crippen molar-refractivity contribution in [3.05, 3.63) is 0 Å². The predicted octanol–water partition coefficient (Wildman–Crippen LogP) is 1.94. The first-order valence-corrected chi connectivity index (χ1v) is 7.13. The summed E-state index contributed by atoms with van der Waals surface area (Å²) in [5.74, 6) is 0.274. The monoisotopic (exact) mass is 254 g/mol. The van der Waals surface area contributed by atoms with Gasteiger partial charge in [-0.05, 0) is 18.8 Å². The van der Waals surface area contributed by atoms with Crippen molar-refractivity contribution in [2.45, 2.75) is 65.5 Å². The number of piperazine rings is 1. The molecule has 0 saturated carbocycles. The fourth-order valence-electron chi connectivity index (χ4n) is 2.52. The molecule has 1 saturated heterocycles. The quantitative estimate of drug-likeness (QED) is 0.787. The van der Waals surface area contributed by atoms with Crippen LogP contribution in [0.15, 0.2) is 0 Å². The average Bonchev–Trinajstić information content (AvgIpc) is 2.31. The van der Waals surface area contributed by atoms with Gasteiger partial charge in [0.25, 0.3) is 0 Å². The average molecular weight is 254 g/mol. The fraction of sp³-hybridized carbons (Fsp3) is 0.857. The van der Waals surface area contributed by atoms with Gasteiger partial charge in [0, 0.05) is 6.54 Å². The molecule has 2 atom stereocenters. The number of nitrogens with one attached hydrogen (secondary N) is 1. The molecule has 0 aromatic carbocycles. The molecule has 4 nitrogen and oxygen atoms in total. The van der Waals surface area contributed by atoms with Gasteiger partial charge < -0.3 is 10.2 Å². The molecule has 2 amide bonds. The zero-order chi connectivity index (χ0) is 13.7. The number of carbonyl (C=O) groups is 2. The summed E-state index contributed by atoms with van der Waals surface area (Å²) >= 11 is 0. The maximum Gasteiger partial charge on any atom is 0.245 e. The summed E-state index contributed by atoms with van der Waals surface area (Å²) in [4.78, 5) is 26.3. The number of rotatable bonds is 6. The molecule has 0 aromatic heterocycles.